The Balaban J connectivity index is 1.51. The summed E-state index contributed by atoms with van der Waals surface area (Å²) in [6, 6.07) is 21.4. The summed E-state index contributed by atoms with van der Waals surface area (Å²) in [7, 11) is 0. The lowest BCUT2D eigenvalue weighted by molar-refractivity contribution is -0.111. The summed E-state index contributed by atoms with van der Waals surface area (Å²) in [5.41, 5.74) is 2.09. The SMILES string of the molecule is O=C(C=Cc1cccc2ccccc12)Nc1ccccc1C(=O)N1CCCCCC1. The molecule has 4 heteroatoms. The molecule has 0 saturated carbocycles. The molecule has 1 aliphatic heterocycles. The molecule has 0 atom stereocenters. The van der Waals surface area contributed by atoms with E-state index < -0.39 is 0 Å². The van der Waals surface area contributed by atoms with Gasteiger partial charge in [-0.2, -0.15) is 0 Å². The van der Waals surface area contributed by atoms with Crippen LogP contribution in [0.2, 0.25) is 0 Å². The highest BCUT2D eigenvalue weighted by Crippen LogP contribution is 2.21. The van der Waals surface area contributed by atoms with Gasteiger partial charge in [0, 0.05) is 19.2 Å². The van der Waals surface area contributed by atoms with E-state index in [9.17, 15) is 9.59 Å². The normalized spacial score (nSPS) is 14.6. The largest absolute Gasteiger partial charge is 0.339 e. The fourth-order valence-electron chi connectivity index (χ4n) is 3.96. The summed E-state index contributed by atoms with van der Waals surface area (Å²) < 4.78 is 0. The van der Waals surface area contributed by atoms with Gasteiger partial charge >= 0.3 is 0 Å². The third-order valence-corrected chi connectivity index (χ3v) is 5.55. The quantitative estimate of drug-likeness (QED) is 0.589. The molecule has 3 aromatic carbocycles. The maximum absolute atomic E-state index is 13.0. The van der Waals surface area contributed by atoms with E-state index in [1.165, 1.54) is 18.9 Å². The van der Waals surface area contributed by atoms with Gasteiger partial charge in [0.1, 0.15) is 0 Å². The van der Waals surface area contributed by atoms with Gasteiger partial charge in [-0.25, -0.2) is 0 Å². The molecule has 3 aromatic rings. The van der Waals surface area contributed by atoms with Crippen LogP contribution in [0.15, 0.2) is 72.8 Å². The molecule has 1 heterocycles. The molecule has 4 rings (SSSR count). The zero-order valence-electron chi connectivity index (χ0n) is 17.0. The number of carbonyl (C=O) groups excluding carboxylic acids is 2. The lowest BCUT2D eigenvalue weighted by Crippen LogP contribution is -2.32. The second kappa shape index (κ2) is 9.40. The number of benzene rings is 3. The van der Waals surface area contributed by atoms with Gasteiger partial charge in [0.25, 0.3) is 5.91 Å². The highest BCUT2D eigenvalue weighted by Gasteiger charge is 2.20. The van der Waals surface area contributed by atoms with Crippen LogP contribution >= 0.6 is 0 Å². The second-order valence-corrected chi connectivity index (χ2v) is 7.64. The topological polar surface area (TPSA) is 49.4 Å². The van der Waals surface area contributed by atoms with Crippen LogP contribution in [-0.2, 0) is 4.79 Å². The first-order chi connectivity index (χ1) is 14.7. The summed E-state index contributed by atoms with van der Waals surface area (Å²) in [4.78, 5) is 27.5. The van der Waals surface area contributed by atoms with Gasteiger partial charge in [0.15, 0.2) is 0 Å². The summed E-state index contributed by atoms with van der Waals surface area (Å²) in [6.45, 7) is 1.56. The van der Waals surface area contributed by atoms with Crippen molar-refractivity contribution in [3.8, 4) is 0 Å². The van der Waals surface area contributed by atoms with Crippen LogP contribution in [0.4, 0.5) is 5.69 Å². The molecule has 2 amide bonds. The van der Waals surface area contributed by atoms with Crippen LogP contribution in [0.25, 0.3) is 16.8 Å². The van der Waals surface area contributed by atoms with E-state index in [4.69, 9.17) is 0 Å². The Bertz CT molecular complexity index is 1070. The predicted octanol–water partition coefficient (Wildman–Crippen LogP) is 5.51. The maximum Gasteiger partial charge on any atom is 0.255 e. The molecule has 152 valence electrons. The first-order valence-corrected chi connectivity index (χ1v) is 10.6. The molecular weight excluding hydrogens is 372 g/mol. The molecule has 1 aliphatic rings. The first kappa shape index (κ1) is 19.9. The average Bonchev–Trinajstić information content (AvgIpc) is 3.07. The van der Waals surface area contributed by atoms with Crippen LogP contribution in [0, 0.1) is 0 Å². The number of rotatable bonds is 4. The van der Waals surface area contributed by atoms with E-state index >= 15 is 0 Å². The van der Waals surface area contributed by atoms with E-state index in [1.54, 1.807) is 12.1 Å². The van der Waals surface area contributed by atoms with E-state index in [2.05, 4.69) is 17.4 Å². The molecular formula is C26H26N2O2. The van der Waals surface area contributed by atoms with Crippen LogP contribution in [0.5, 0.6) is 0 Å². The number of amides is 2. The van der Waals surface area contributed by atoms with Crippen molar-refractivity contribution >= 4 is 34.4 Å². The number of nitrogens with zero attached hydrogens (tertiary/aromatic N) is 1. The van der Waals surface area contributed by atoms with Crippen molar-refractivity contribution in [2.24, 2.45) is 0 Å². The third-order valence-electron chi connectivity index (χ3n) is 5.55. The van der Waals surface area contributed by atoms with E-state index in [-0.39, 0.29) is 11.8 Å². The van der Waals surface area contributed by atoms with Gasteiger partial charge in [-0.1, -0.05) is 67.4 Å². The summed E-state index contributed by atoms with van der Waals surface area (Å²) in [5, 5.41) is 5.12. The number of hydrogen-bond donors (Lipinski definition) is 1. The van der Waals surface area contributed by atoms with Crippen molar-refractivity contribution in [3.63, 3.8) is 0 Å². The number of para-hydroxylation sites is 1. The molecule has 0 bridgehead atoms. The molecule has 0 aliphatic carbocycles. The van der Waals surface area contributed by atoms with Crippen molar-refractivity contribution in [1.29, 1.82) is 0 Å². The Morgan fingerprint density at radius 3 is 2.33 bits per heavy atom. The van der Waals surface area contributed by atoms with Gasteiger partial charge in [-0.3, -0.25) is 9.59 Å². The Morgan fingerprint density at radius 1 is 0.800 bits per heavy atom. The van der Waals surface area contributed by atoms with E-state index in [0.29, 0.717) is 11.3 Å². The summed E-state index contributed by atoms with van der Waals surface area (Å²) in [6.07, 6.45) is 7.75. The van der Waals surface area contributed by atoms with Crippen molar-refractivity contribution < 1.29 is 9.59 Å². The fourth-order valence-corrected chi connectivity index (χ4v) is 3.96. The van der Waals surface area contributed by atoms with Crippen molar-refractivity contribution in [2.75, 3.05) is 18.4 Å². The summed E-state index contributed by atoms with van der Waals surface area (Å²) >= 11 is 0. The minimum atomic E-state index is -0.251. The number of hydrogen-bond acceptors (Lipinski definition) is 2. The molecule has 0 spiro atoms. The van der Waals surface area contributed by atoms with Crippen LogP contribution in [0.1, 0.15) is 41.6 Å². The minimum absolute atomic E-state index is 0.00849. The van der Waals surface area contributed by atoms with Gasteiger partial charge in [-0.05, 0) is 47.4 Å². The van der Waals surface area contributed by atoms with Crippen molar-refractivity contribution in [2.45, 2.75) is 25.7 Å². The zero-order valence-corrected chi connectivity index (χ0v) is 17.0. The highest BCUT2D eigenvalue weighted by molar-refractivity contribution is 6.08. The average molecular weight is 399 g/mol. The maximum atomic E-state index is 13.0. The molecule has 4 nitrogen and oxygen atoms in total. The van der Waals surface area contributed by atoms with E-state index in [0.717, 1.165) is 42.3 Å². The molecule has 0 radical (unpaired) electrons. The van der Waals surface area contributed by atoms with Gasteiger partial charge in [-0.15, -0.1) is 0 Å². The van der Waals surface area contributed by atoms with E-state index in [1.807, 2.05) is 53.4 Å². The lowest BCUT2D eigenvalue weighted by atomic mass is 10.0. The zero-order chi connectivity index (χ0) is 20.8. The number of likely N-dealkylation sites (tertiary alicyclic amines) is 1. The molecule has 1 fully saturated rings. The Hall–Kier alpha value is -3.40. The smallest absolute Gasteiger partial charge is 0.255 e. The first-order valence-electron chi connectivity index (χ1n) is 10.6. The number of carbonyl (C=O) groups is 2. The molecule has 1 saturated heterocycles. The monoisotopic (exact) mass is 398 g/mol. The van der Waals surface area contributed by atoms with Gasteiger partial charge in [0.05, 0.1) is 11.3 Å². The summed E-state index contributed by atoms with van der Waals surface area (Å²) in [5.74, 6) is -0.259. The van der Waals surface area contributed by atoms with Gasteiger partial charge < -0.3 is 10.2 Å². The lowest BCUT2D eigenvalue weighted by Gasteiger charge is -2.21. The second-order valence-electron chi connectivity index (χ2n) is 7.64. The third kappa shape index (κ3) is 4.60. The predicted molar refractivity (Wildman–Crippen MR) is 122 cm³/mol. The number of anilines is 1. The Morgan fingerprint density at radius 2 is 1.50 bits per heavy atom. The van der Waals surface area contributed by atoms with Crippen molar-refractivity contribution in [1.82, 2.24) is 4.90 Å². The van der Waals surface area contributed by atoms with Crippen LogP contribution < -0.4 is 5.32 Å². The van der Waals surface area contributed by atoms with Gasteiger partial charge in [0.2, 0.25) is 5.91 Å². The molecule has 0 unspecified atom stereocenters. The minimum Gasteiger partial charge on any atom is -0.339 e. The number of nitrogens with one attached hydrogen (secondary N) is 1. The van der Waals surface area contributed by atoms with Crippen molar-refractivity contribution in [3.05, 3.63) is 83.9 Å². The standard InChI is InChI=1S/C26H26N2O2/c29-25(17-16-21-12-9-11-20-10-3-4-13-22(20)21)27-24-15-6-5-14-23(24)26(30)28-18-7-1-2-8-19-28/h3-6,9-17H,1-2,7-8,18-19H2,(H,27,29). The molecule has 0 aromatic heterocycles. The Labute approximate surface area is 177 Å². The molecule has 1 N–H and O–H groups in total. The van der Waals surface area contributed by atoms with Crippen LogP contribution in [-0.4, -0.2) is 29.8 Å². The molecule has 30 heavy (non-hydrogen) atoms. The highest BCUT2D eigenvalue weighted by atomic mass is 16.2. The van der Waals surface area contributed by atoms with Crippen LogP contribution in [0.3, 0.4) is 0 Å². The fraction of sp³-hybridized carbons (Fsp3) is 0.231. The Kier molecular flexibility index (Phi) is 6.23. The number of fused-ring (bicyclic) bond motifs is 1.